The third-order valence-electron chi connectivity index (χ3n) is 6.03. The van der Waals surface area contributed by atoms with Crippen LogP contribution in [-0.4, -0.2) is 48.2 Å². The summed E-state index contributed by atoms with van der Waals surface area (Å²) in [4.78, 5) is 37.6. The lowest BCUT2D eigenvalue weighted by atomic mass is 9.97. The number of cyclic esters (lactones) is 1. The Balaban J connectivity index is 1.64. The number of ether oxygens (including phenoxy) is 2. The maximum atomic E-state index is 13.1. The van der Waals surface area contributed by atoms with Crippen LogP contribution < -0.4 is 15.4 Å². The average Bonchev–Trinajstić information content (AvgIpc) is 2.90. The summed E-state index contributed by atoms with van der Waals surface area (Å²) in [6.45, 7) is 2.03. The summed E-state index contributed by atoms with van der Waals surface area (Å²) in [5.41, 5.74) is 2.03. The fraction of sp³-hybridized carbons (Fsp3) is 0.414. The van der Waals surface area contributed by atoms with Gasteiger partial charge in [-0.3, -0.25) is 14.4 Å². The van der Waals surface area contributed by atoms with Crippen molar-refractivity contribution in [2.75, 3.05) is 13.2 Å². The molecule has 3 unspecified atom stereocenters. The summed E-state index contributed by atoms with van der Waals surface area (Å²) < 4.78 is 11.3. The zero-order valence-electron chi connectivity index (χ0n) is 21.2. The molecule has 1 heterocycles. The lowest BCUT2D eigenvalue weighted by Crippen LogP contribution is -2.45. The number of esters is 1. The predicted molar refractivity (Wildman–Crippen MR) is 140 cm³/mol. The van der Waals surface area contributed by atoms with Crippen LogP contribution in [-0.2, 0) is 32.1 Å². The number of amides is 2. The highest BCUT2D eigenvalue weighted by molar-refractivity contribution is 5.86. The van der Waals surface area contributed by atoms with E-state index in [1.807, 2.05) is 66.7 Å². The Labute approximate surface area is 218 Å². The maximum Gasteiger partial charge on any atom is 0.306 e. The Morgan fingerprint density at radius 3 is 2.59 bits per heavy atom. The van der Waals surface area contributed by atoms with E-state index >= 15 is 0 Å². The molecule has 0 saturated heterocycles. The van der Waals surface area contributed by atoms with Gasteiger partial charge in [0.05, 0.1) is 18.6 Å². The van der Waals surface area contributed by atoms with Crippen molar-refractivity contribution in [2.45, 2.75) is 57.7 Å². The third kappa shape index (κ3) is 10.1. The highest BCUT2D eigenvalue weighted by Crippen LogP contribution is 2.17. The molecule has 0 bridgehead atoms. The number of aliphatic hydroxyl groups is 1. The highest BCUT2D eigenvalue weighted by Gasteiger charge is 2.25. The minimum absolute atomic E-state index is 0.000467. The van der Waals surface area contributed by atoms with Crippen molar-refractivity contribution >= 4 is 17.8 Å². The van der Waals surface area contributed by atoms with Crippen LogP contribution in [0.2, 0.25) is 0 Å². The van der Waals surface area contributed by atoms with Gasteiger partial charge in [0, 0.05) is 18.9 Å². The largest absolute Gasteiger partial charge is 0.489 e. The second-order valence-electron chi connectivity index (χ2n) is 9.31. The minimum atomic E-state index is -0.575. The van der Waals surface area contributed by atoms with E-state index in [1.165, 1.54) is 0 Å². The zero-order valence-corrected chi connectivity index (χ0v) is 21.2. The number of hydrogen-bond acceptors (Lipinski definition) is 6. The van der Waals surface area contributed by atoms with Gasteiger partial charge in [0.15, 0.2) is 0 Å². The smallest absolute Gasteiger partial charge is 0.306 e. The Kier molecular flexibility index (Phi) is 11.2. The molecule has 0 spiro atoms. The van der Waals surface area contributed by atoms with E-state index in [-0.39, 0.29) is 49.9 Å². The van der Waals surface area contributed by atoms with Gasteiger partial charge in [-0.25, -0.2) is 0 Å². The lowest BCUT2D eigenvalue weighted by Gasteiger charge is -2.23. The van der Waals surface area contributed by atoms with E-state index in [4.69, 9.17) is 9.47 Å². The first-order valence-corrected chi connectivity index (χ1v) is 12.7. The van der Waals surface area contributed by atoms with Gasteiger partial charge in [0.1, 0.15) is 19.0 Å². The molecular formula is C29H36N2O6. The quantitative estimate of drug-likeness (QED) is 0.354. The van der Waals surface area contributed by atoms with Gasteiger partial charge in [-0.2, -0.15) is 0 Å². The normalized spacial score (nSPS) is 19.5. The number of allylic oxidation sites excluding steroid dienone is 2. The molecule has 198 valence electrons. The molecule has 1 aliphatic heterocycles. The van der Waals surface area contributed by atoms with Crippen molar-refractivity contribution in [1.82, 2.24) is 10.6 Å². The van der Waals surface area contributed by atoms with Crippen molar-refractivity contribution in [3.8, 4) is 5.75 Å². The fourth-order valence-electron chi connectivity index (χ4n) is 3.95. The number of nitrogens with one attached hydrogen (secondary N) is 2. The molecule has 0 fully saturated rings. The molecular weight excluding hydrogens is 472 g/mol. The minimum Gasteiger partial charge on any atom is -0.489 e. The summed E-state index contributed by atoms with van der Waals surface area (Å²) in [6, 6.07) is 16.7. The molecule has 0 aliphatic carbocycles. The van der Waals surface area contributed by atoms with E-state index in [1.54, 1.807) is 6.92 Å². The highest BCUT2D eigenvalue weighted by atomic mass is 16.5. The van der Waals surface area contributed by atoms with Crippen LogP contribution in [0.3, 0.4) is 0 Å². The second-order valence-corrected chi connectivity index (χ2v) is 9.31. The molecule has 0 radical (unpaired) electrons. The summed E-state index contributed by atoms with van der Waals surface area (Å²) >= 11 is 0. The maximum absolute atomic E-state index is 13.1. The first-order valence-electron chi connectivity index (χ1n) is 12.7. The molecule has 2 aromatic carbocycles. The van der Waals surface area contributed by atoms with Crippen molar-refractivity contribution in [3.63, 3.8) is 0 Å². The van der Waals surface area contributed by atoms with E-state index in [0.717, 1.165) is 16.9 Å². The van der Waals surface area contributed by atoms with Crippen LogP contribution in [0, 0.1) is 5.92 Å². The third-order valence-corrected chi connectivity index (χ3v) is 6.03. The number of aliphatic hydroxyl groups excluding tert-OH is 1. The van der Waals surface area contributed by atoms with Gasteiger partial charge in [-0.15, -0.1) is 0 Å². The molecule has 8 heteroatoms. The van der Waals surface area contributed by atoms with Crippen LogP contribution in [0.1, 0.15) is 43.7 Å². The fourth-order valence-corrected chi connectivity index (χ4v) is 3.95. The number of hydrogen-bond donors (Lipinski definition) is 3. The summed E-state index contributed by atoms with van der Waals surface area (Å²) in [5.74, 6) is -0.731. The molecule has 0 saturated carbocycles. The SMILES string of the molecule is CC(CO)NC(=O)CC1CC=CCCC(=O)OCC(Cc2ccc(OCc3ccccc3)cc2)NC1=O. The van der Waals surface area contributed by atoms with Crippen molar-refractivity contribution in [1.29, 1.82) is 0 Å². The topological polar surface area (TPSA) is 114 Å². The lowest BCUT2D eigenvalue weighted by molar-refractivity contribution is -0.145. The first kappa shape index (κ1) is 27.9. The molecule has 3 N–H and O–H groups in total. The Bertz CT molecular complexity index is 1040. The summed E-state index contributed by atoms with van der Waals surface area (Å²) in [6.07, 6.45) is 5.25. The van der Waals surface area contributed by atoms with Gasteiger partial charge in [-0.05, 0) is 49.4 Å². The van der Waals surface area contributed by atoms with Crippen LogP contribution >= 0.6 is 0 Å². The van der Waals surface area contributed by atoms with Crippen LogP contribution in [0.5, 0.6) is 5.75 Å². The van der Waals surface area contributed by atoms with Crippen molar-refractivity contribution in [3.05, 3.63) is 77.9 Å². The van der Waals surface area contributed by atoms with E-state index < -0.39 is 12.0 Å². The molecule has 37 heavy (non-hydrogen) atoms. The van der Waals surface area contributed by atoms with Gasteiger partial charge >= 0.3 is 5.97 Å². The molecule has 0 aromatic heterocycles. The Morgan fingerprint density at radius 2 is 1.86 bits per heavy atom. The second kappa shape index (κ2) is 14.8. The van der Waals surface area contributed by atoms with Crippen molar-refractivity contribution < 1.29 is 29.0 Å². The van der Waals surface area contributed by atoms with E-state index in [9.17, 15) is 19.5 Å². The number of benzene rings is 2. The Hall–Kier alpha value is -3.65. The van der Waals surface area contributed by atoms with E-state index in [2.05, 4.69) is 10.6 Å². The Morgan fingerprint density at radius 1 is 1.11 bits per heavy atom. The summed E-state index contributed by atoms with van der Waals surface area (Å²) in [7, 11) is 0. The van der Waals surface area contributed by atoms with Crippen LogP contribution in [0.25, 0.3) is 0 Å². The predicted octanol–water partition coefficient (Wildman–Crippen LogP) is 3.08. The van der Waals surface area contributed by atoms with Gasteiger partial charge in [-0.1, -0.05) is 54.6 Å². The van der Waals surface area contributed by atoms with Crippen LogP contribution in [0.4, 0.5) is 0 Å². The molecule has 2 aromatic rings. The first-order chi connectivity index (χ1) is 17.9. The molecule has 8 nitrogen and oxygen atoms in total. The summed E-state index contributed by atoms with van der Waals surface area (Å²) in [5, 5.41) is 14.9. The monoisotopic (exact) mass is 508 g/mol. The van der Waals surface area contributed by atoms with Gasteiger partial charge in [0.2, 0.25) is 11.8 Å². The van der Waals surface area contributed by atoms with E-state index in [0.29, 0.717) is 25.9 Å². The average molecular weight is 509 g/mol. The zero-order chi connectivity index (χ0) is 26.5. The van der Waals surface area contributed by atoms with Crippen LogP contribution in [0.15, 0.2) is 66.7 Å². The molecule has 2 amide bonds. The molecule has 3 atom stereocenters. The number of carbonyl (C=O) groups excluding carboxylic acids is 3. The van der Waals surface area contributed by atoms with Crippen molar-refractivity contribution in [2.24, 2.45) is 5.92 Å². The van der Waals surface area contributed by atoms with Gasteiger partial charge in [0.25, 0.3) is 0 Å². The number of rotatable bonds is 9. The molecule has 3 rings (SSSR count). The number of carbonyl (C=O) groups is 3. The van der Waals surface area contributed by atoms with Gasteiger partial charge < -0.3 is 25.2 Å². The molecule has 1 aliphatic rings. The standard InChI is InChI=1S/C29H36N2O6/c1-21(18-32)30-27(33)17-24-10-6-3-7-11-28(34)37-20-25(31-29(24)35)16-22-12-14-26(15-13-22)36-19-23-8-4-2-5-9-23/h2-6,8-9,12-15,21,24-25,32H,7,10-11,16-20H2,1H3,(H,30,33)(H,31,35).